The number of anilines is 2. The molecule has 0 radical (unpaired) electrons. The summed E-state index contributed by atoms with van der Waals surface area (Å²) in [5.74, 6) is -0.687. The average Bonchev–Trinajstić information content (AvgIpc) is 3.49. The number of nitrogens with zero attached hydrogens (tertiary/aromatic N) is 2. The molecule has 2 atom stereocenters. The Hall–Kier alpha value is -4.91. The van der Waals surface area contributed by atoms with Crippen LogP contribution < -0.4 is 16.4 Å². The van der Waals surface area contributed by atoms with Gasteiger partial charge in [-0.25, -0.2) is 4.52 Å². The number of aromatic nitrogens is 2. The van der Waals surface area contributed by atoms with E-state index in [2.05, 4.69) is 15.7 Å². The third kappa shape index (κ3) is 4.00. The van der Waals surface area contributed by atoms with Crippen LogP contribution in [0.3, 0.4) is 0 Å². The second-order valence-electron chi connectivity index (χ2n) is 9.28. The Kier molecular flexibility index (Phi) is 5.45. The summed E-state index contributed by atoms with van der Waals surface area (Å²) in [5.41, 5.74) is 10.2. The van der Waals surface area contributed by atoms with Gasteiger partial charge in [0, 0.05) is 23.5 Å². The Morgan fingerprint density at radius 1 is 0.892 bits per heavy atom. The van der Waals surface area contributed by atoms with Gasteiger partial charge in [0.2, 0.25) is 5.91 Å². The first-order valence-electron chi connectivity index (χ1n) is 12.1. The van der Waals surface area contributed by atoms with E-state index in [0.29, 0.717) is 17.6 Å². The van der Waals surface area contributed by atoms with Gasteiger partial charge < -0.3 is 16.4 Å². The van der Waals surface area contributed by atoms with Crippen LogP contribution in [0.25, 0.3) is 16.6 Å². The monoisotopic (exact) mass is 487 g/mol. The number of hydrogen-bond donors (Lipinski definition) is 3. The molecular weight excluding hydrogens is 462 g/mol. The molecule has 7 heteroatoms. The molecule has 6 rings (SSSR count). The molecule has 2 amide bonds. The first-order chi connectivity index (χ1) is 18.1. The fourth-order valence-electron chi connectivity index (χ4n) is 5.00. The smallest absolute Gasteiger partial charge is 0.252 e. The molecule has 0 spiro atoms. The average molecular weight is 488 g/mol. The Labute approximate surface area is 213 Å². The molecule has 0 saturated heterocycles. The highest BCUT2D eigenvalue weighted by atomic mass is 16.2. The van der Waals surface area contributed by atoms with Crippen LogP contribution in [0.4, 0.5) is 11.4 Å². The minimum atomic E-state index is -0.804. The molecule has 5 aromatic rings. The van der Waals surface area contributed by atoms with E-state index in [0.717, 1.165) is 22.4 Å². The molecule has 2 heterocycles. The van der Waals surface area contributed by atoms with Crippen LogP contribution in [-0.4, -0.2) is 27.5 Å². The van der Waals surface area contributed by atoms with Gasteiger partial charge in [-0.2, -0.15) is 5.10 Å². The van der Waals surface area contributed by atoms with Gasteiger partial charge in [0.1, 0.15) is 0 Å². The van der Waals surface area contributed by atoms with Gasteiger partial charge in [-0.3, -0.25) is 9.59 Å². The molecule has 4 N–H and O–H groups in total. The maximum Gasteiger partial charge on any atom is 0.252 e. The van der Waals surface area contributed by atoms with E-state index in [1.807, 2.05) is 103 Å². The van der Waals surface area contributed by atoms with E-state index in [1.54, 1.807) is 4.52 Å². The fourth-order valence-corrected chi connectivity index (χ4v) is 5.00. The lowest BCUT2D eigenvalue weighted by Gasteiger charge is -2.20. The molecule has 1 saturated carbocycles. The molecule has 37 heavy (non-hydrogen) atoms. The van der Waals surface area contributed by atoms with Crippen LogP contribution in [0.15, 0.2) is 109 Å². The summed E-state index contributed by atoms with van der Waals surface area (Å²) in [6.45, 7) is 0. The van der Waals surface area contributed by atoms with Gasteiger partial charge in [0.05, 0.1) is 28.4 Å². The van der Waals surface area contributed by atoms with Crippen molar-refractivity contribution in [1.29, 1.82) is 0 Å². The molecule has 1 aliphatic rings. The van der Waals surface area contributed by atoms with E-state index < -0.39 is 11.3 Å². The first kappa shape index (κ1) is 22.5. The van der Waals surface area contributed by atoms with E-state index in [1.165, 1.54) is 6.20 Å². The lowest BCUT2D eigenvalue weighted by atomic mass is 9.93. The number of amides is 2. The topological polar surface area (TPSA) is 102 Å². The van der Waals surface area contributed by atoms with E-state index in [4.69, 9.17) is 5.73 Å². The molecule has 0 bridgehead atoms. The van der Waals surface area contributed by atoms with Crippen LogP contribution in [0, 0.1) is 0 Å². The molecule has 3 aromatic carbocycles. The number of fused-ring (bicyclic) bond motifs is 1. The third-order valence-corrected chi connectivity index (χ3v) is 7.01. The summed E-state index contributed by atoms with van der Waals surface area (Å²) in [6.07, 6.45) is 3.96. The highest BCUT2D eigenvalue weighted by molar-refractivity contribution is 6.05. The Morgan fingerprint density at radius 3 is 2.22 bits per heavy atom. The van der Waals surface area contributed by atoms with Crippen molar-refractivity contribution in [1.82, 2.24) is 9.61 Å². The largest absolute Gasteiger partial charge is 0.378 e. The normalized spacial score (nSPS) is 18.3. The molecule has 182 valence electrons. The maximum atomic E-state index is 13.7. The lowest BCUT2D eigenvalue weighted by molar-refractivity contribution is -0.118. The Bertz CT molecular complexity index is 1600. The zero-order chi connectivity index (χ0) is 25.4. The van der Waals surface area contributed by atoms with Crippen molar-refractivity contribution in [2.75, 3.05) is 10.6 Å². The third-order valence-electron chi connectivity index (χ3n) is 7.01. The van der Waals surface area contributed by atoms with Crippen molar-refractivity contribution in [3.63, 3.8) is 0 Å². The van der Waals surface area contributed by atoms with Crippen molar-refractivity contribution >= 4 is 28.7 Å². The Balaban J connectivity index is 1.40. The van der Waals surface area contributed by atoms with Gasteiger partial charge in [0.25, 0.3) is 5.91 Å². The van der Waals surface area contributed by atoms with Crippen LogP contribution in [-0.2, 0) is 10.2 Å². The molecule has 1 fully saturated rings. The molecule has 1 aliphatic carbocycles. The molecule has 7 nitrogen and oxygen atoms in total. The zero-order valence-corrected chi connectivity index (χ0v) is 20.0. The maximum absolute atomic E-state index is 13.7. The summed E-state index contributed by atoms with van der Waals surface area (Å²) >= 11 is 0. The van der Waals surface area contributed by atoms with Crippen molar-refractivity contribution < 1.29 is 9.59 Å². The van der Waals surface area contributed by atoms with E-state index >= 15 is 0 Å². The van der Waals surface area contributed by atoms with Gasteiger partial charge >= 0.3 is 0 Å². The summed E-state index contributed by atoms with van der Waals surface area (Å²) in [6, 6.07) is 30.8. The second-order valence-corrected chi connectivity index (χ2v) is 9.28. The molecular formula is C30H25N5O2. The number of rotatable bonds is 7. The predicted octanol–water partition coefficient (Wildman–Crippen LogP) is 4.86. The second kappa shape index (κ2) is 8.95. The zero-order valence-electron chi connectivity index (χ0n) is 20.0. The van der Waals surface area contributed by atoms with Crippen LogP contribution in [0.1, 0.15) is 22.3 Å². The van der Waals surface area contributed by atoms with Crippen LogP contribution in [0.5, 0.6) is 0 Å². The summed E-state index contributed by atoms with van der Waals surface area (Å²) in [7, 11) is 0. The quantitative estimate of drug-likeness (QED) is 0.305. The van der Waals surface area contributed by atoms with Gasteiger partial charge in [-0.1, -0.05) is 78.9 Å². The van der Waals surface area contributed by atoms with Gasteiger partial charge in [-0.15, -0.1) is 0 Å². The van der Waals surface area contributed by atoms with Gasteiger partial charge in [-0.05, 0) is 35.7 Å². The van der Waals surface area contributed by atoms with Crippen molar-refractivity contribution in [2.45, 2.75) is 17.9 Å². The van der Waals surface area contributed by atoms with Crippen LogP contribution >= 0.6 is 0 Å². The number of benzene rings is 3. The summed E-state index contributed by atoms with van der Waals surface area (Å²) in [4.78, 5) is 26.1. The molecule has 2 unspecified atom stereocenters. The predicted molar refractivity (Wildman–Crippen MR) is 144 cm³/mol. The summed E-state index contributed by atoms with van der Waals surface area (Å²) in [5, 5.41) is 11.0. The summed E-state index contributed by atoms with van der Waals surface area (Å²) < 4.78 is 1.73. The van der Waals surface area contributed by atoms with Crippen molar-refractivity contribution in [3.05, 3.63) is 121 Å². The number of nitrogens with two attached hydrogens (primary N) is 1. The number of hydrogen-bond acceptors (Lipinski definition) is 4. The lowest BCUT2D eigenvalue weighted by Crippen LogP contribution is -2.33. The van der Waals surface area contributed by atoms with Gasteiger partial charge in [0.15, 0.2) is 0 Å². The standard InChI is InChI=1S/C30H25N5O2/c31-28(36)24-18-32-35-19-21(20-10-4-1-5-11-20)16-25(35)27(24)34-26-17-30(26,22-12-6-2-7-13-22)29(37)33-23-14-8-3-9-15-23/h1-16,18-19,26,34H,17H2,(H2,31,36)(H,33,37). The van der Waals surface area contributed by atoms with Crippen molar-refractivity contribution in [2.24, 2.45) is 5.73 Å². The molecule has 2 aromatic heterocycles. The van der Waals surface area contributed by atoms with E-state index in [9.17, 15) is 9.59 Å². The molecule has 0 aliphatic heterocycles. The minimum Gasteiger partial charge on any atom is -0.378 e. The number of primary amides is 1. The number of nitrogens with one attached hydrogen (secondary N) is 2. The Morgan fingerprint density at radius 2 is 1.54 bits per heavy atom. The fraction of sp³-hybridized carbons (Fsp3) is 0.100. The van der Waals surface area contributed by atoms with Crippen molar-refractivity contribution in [3.8, 4) is 11.1 Å². The van der Waals surface area contributed by atoms with E-state index in [-0.39, 0.29) is 17.5 Å². The minimum absolute atomic E-state index is 0.103. The number of para-hydroxylation sites is 1. The highest BCUT2D eigenvalue weighted by Gasteiger charge is 2.61. The highest BCUT2D eigenvalue weighted by Crippen LogP contribution is 2.51. The first-order valence-corrected chi connectivity index (χ1v) is 12.1. The number of carbonyl (C=O) groups excluding carboxylic acids is 2. The SMILES string of the molecule is NC(=O)c1cnn2cc(-c3ccccc3)cc2c1NC1CC1(C(=O)Nc1ccccc1)c1ccccc1. The van der Waals surface area contributed by atoms with Crippen LogP contribution in [0.2, 0.25) is 0 Å². The number of carbonyl (C=O) groups is 2.